The molecule has 1 aromatic heterocycles. The minimum absolute atomic E-state index is 0.130. The Labute approximate surface area is 123 Å². The second-order valence-corrected chi connectivity index (χ2v) is 7.17. The summed E-state index contributed by atoms with van der Waals surface area (Å²) in [5.41, 5.74) is 3.96. The molecule has 1 unspecified atom stereocenters. The highest BCUT2D eigenvalue weighted by molar-refractivity contribution is 5.53. The van der Waals surface area contributed by atoms with Crippen molar-refractivity contribution in [3.05, 3.63) is 22.9 Å². The van der Waals surface area contributed by atoms with E-state index in [0.717, 1.165) is 18.8 Å². The van der Waals surface area contributed by atoms with Gasteiger partial charge in [-0.1, -0.05) is 0 Å². The molecule has 1 aliphatic rings. The first-order valence-electron chi connectivity index (χ1n) is 7.77. The maximum Gasteiger partial charge on any atom is 0.133 e. The van der Waals surface area contributed by atoms with E-state index in [2.05, 4.69) is 57.8 Å². The molecule has 1 aliphatic heterocycles. The predicted octanol–water partition coefficient (Wildman–Crippen LogP) is 3.58. The van der Waals surface area contributed by atoms with E-state index in [-0.39, 0.29) is 5.54 Å². The second kappa shape index (κ2) is 5.72. The molecule has 112 valence electrons. The van der Waals surface area contributed by atoms with E-state index in [1.807, 2.05) is 0 Å². The molecule has 0 aromatic carbocycles. The number of aromatic nitrogens is 1. The van der Waals surface area contributed by atoms with Gasteiger partial charge in [-0.05, 0) is 66.0 Å². The van der Waals surface area contributed by atoms with Crippen LogP contribution in [0, 0.1) is 13.8 Å². The Balaban J connectivity index is 2.33. The van der Waals surface area contributed by atoms with Gasteiger partial charge in [0, 0.05) is 35.9 Å². The zero-order chi connectivity index (χ0) is 14.9. The quantitative estimate of drug-likeness (QED) is 0.914. The molecule has 1 fully saturated rings. The Hall–Kier alpha value is -1.09. The number of nitrogens with one attached hydrogen (secondary N) is 1. The van der Waals surface area contributed by atoms with Gasteiger partial charge >= 0.3 is 0 Å². The van der Waals surface area contributed by atoms with Crippen LogP contribution in [0.15, 0.2) is 6.07 Å². The molecule has 0 bridgehead atoms. The number of aryl methyl sites for hydroxylation is 2. The standard InChI is InChI=1S/C17H29N3/c1-12-10-13(2)19-16(20-9-7-8-14(20)3)15(12)11-18-17(4,5)6/h10,14,18H,7-9,11H2,1-6H3. The Kier molecular flexibility index (Phi) is 4.38. The summed E-state index contributed by atoms with van der Waals surface area (Å²) in [5, 5.41) is 3.61. The van der Waals surface area contributed by atoms with Crippen molar-refractivity contribution in [3.8, 4) is 0 Å². The minimum Gasteiger partial charge on any atom is -0.354 e. The van der Waals surface area contributed by atoms with Gasteiger partial charge in [0.05, 0.1) is 0 Å². The summed E-state index contributed by atoms with van der Waals surface area (Å²) >= 11 is 0. The van der Waals surface area contributed by atoms with Crippen molar-refractivity contribution in [2.24, 2.45) is 0 Å². The monoisotopic (exact) mass is 275 g/mol. The second-order valence-electron chi connectivity index (χ2n) is 7.17. The molecule has 20 heavy (non-hydrogen) atoms. The van der Waals surface area contributed by atoms with Crippen molar-refractivity contribution in [3.63, 3.8) is 0 Å². The summed E-state index contributed by atoms with van der Waals surface area (Å²) in [6.07, 6.45) is 2.56. The Bertz CT molecular complexity index is 474. The van der Waals surface area contributed by atoms with Gasteiger partial charge in [-0.25, -0.2) is 4.98 Å². The fourth-order valence-electron chi connectivity index (χ4n) is 2.90. The third-order valence-electron chi connectivity index (χ3n) is 4.07. The van der Waals surface area contributed by atoms with Gasteiger partial charge in [-0.15, -0.1) is 0 Å². The van der Waals surface area contributed by atoms with Crippen LogP contribution in [0.4, 0.5) is 5.82 Å². The van der Waals surface area contributed by atoms with Crippen molar-refractivity contribution in [2.75, 3.05) is 11.4 Å². The summed E-state index contributed by atoms with van der Waals surface area (Å²) in [5.74, 6) is 1.20. The largest absolute Gasteiger partial charge is 0.354 e. The van der Waals surface area contributed by atoms with E-state index in [0.29, 0.717) is 6.04 Å². The van der Waals surface area contributed by atoms with E-state index in [1.165, 1.54) is 29.8 Å². The van der Waals surface area contributed by atoms with Crippen LogP contribution in [0.1, 0.15) is 57.4 Å². The molecule has 1 atom stereocenters. The Morgan fingerprint density at radius 3 is 2.60 bits per heavy atom. The highest BCUT2D eigenvalue weighted by Gasteiger charge is 2.25. The van der Waals surface area contributed by atoms with Gasteiger partial charge in [0.1, 0.15) is 5.82 Å². The summed E-state index contributed by atoms with van der Waals surface area (Å²) < 4.78 is 0. The van der Waals surface area contributed by atoms with Crippen LogP contribution in [-0.4, -0.2) is 23.1 Å². The van der Waals surface area contributed by atoms with Gasteiger partial charge < -0.3 is 10.2 Å². The van der Waals surface area contributed by atoms with Crippen LogP contribution in [0.3, 0.4) is 0 Å². The van der Waals surface area contributed by atoms with Crippen LogP contribution >= 0.6 is 0 Å². The lowest BCUT2D eigenvalue weighted by atomic mass is 10.0. The van der Waals surface area contributed by atoms with E-state index in [1.54, 1.807) is 0 Å². The average Bonchev–Trinajstić information content (AvgIpc) is 2.72. The highest BCUT2D eigenvalue weighted by atomic mass is 15.2. The number of nitrogens with zero attached hydrogens (tertiary/aromatic N) is 2. The number of anilines is 1. The van der Waals surface area contributed by atoms with Crippen molar-refractivity contribution >= 4 is 5.82 Å². The lowest BCUT2D eigenvalue weighted by molar-refractivity contribution is 0.423. The lowest BCUT2D eigenvalue weighted by Gasteiger charge is -2.28. The van der Waals surface area contributed by atoms with Gasteiger partial charge in [-0.3, -0.25) is 0 Å². The molecule has 0 spiro atoms. The zero-order valence-electron chi connectivity index (χ0n) is 13.9. The molecule has 0 saturated carbocycles. The van der Waals surface area contributed by atoms with E-state index in [4.69, 9.17) is 4.98 Å². The first-order valence-corrected chi connectivity index (χ1v) is 7.77. The molecule has 3 heteroatoms. The molecule has 1 aromatic rings. The van der Waals surface area contributed by atoms with Crippen LogP contribution in [-0.2, 0) is 6.54 Å². The van der Waals surface area contributed by atoms with Crippen molar-refractivity contribution < 1.29 is 0 Å². The Morgan fingerprint density at radius 1 is 1.35 bits per heavy atom. The maximum absolute atomic E-state index is 4.85. The maximum atomic E-state index is 4.85. The first-order chi connectivity index (χ1) is 9.28. The number of hydrogen-bond acceptors (Lipinski definition) is 3. The van der Waals surface area contributed by atoms with Gasteiger partial charge in [0.25, 0.3) is 0 Å². The molecule has 0 aliphatic carbocycles. The van der Waals surface area contributed by atoms with Crippen molar-refractivity contribution in [1.82, 2.24) is 10.3 Å². The summed E-state index contributed by atoms with van der Waals surface area (Å²) in [4.78, 5) is 7.34. The topological polar surface area (TPSA) is 28.2 Å². The molecular formula is C17H29N3. The molecule has 3 nitrogen and oxygen atoms in total. The summed E-state index contributed by atoms with van der Waals surface area (Å²) in [6.45, 7) is 15.3. The zero-order valence-corrected chi connectivity index (χ0v) is 13.9. The normalized spacial score (nSPS) is 19.7. The first kappa shape index (κ1) is 15.3. The summed E-state index contributed by atoms with van der Waals surface area (Å²) in [6, 6.07) is 2.81. The molecule has 1 N–H and O–H groups in total. The fourth-order valence-corrected chi connectivity index (χ4v) is 2.90. The fraction of sp³-hybridized carbons (Fsp3) is 0.706. The van der Waals surface area contributed by atoms with Crippen LogP contribution in [0.25, 0.3) is 0 Å². The van der Waals surface area contributed by atoms with E-state index >= 15 is 0 Å². The average molecular weight is 275 g/mol. The van der Waals surface area contributed by atoms with Crippen LogP contribution in [0.5, 0.6) is 0 Å². The Morgan fingerprint density at radius 2 is 2.05 bits per heavy atom. The molecule has 2 heterocycles. The van der Waals surface area contributed by atoms with Crippen molar-refractivity contribution in [1.29, 1.82) is 0 Å². The smallest absolute Gasteiger partial charge is 0.133 e. The number of pyridine rings is 1. The van der Waals surface area contributed by atoms with E-state index < -0.39 is 0 Å². The third-order valence-corrected chi connectivity index (χ3v) is 4.07. The van der Waals surface area contributed by atoms with Gasteiger partial charge in [0.15, 0.2) is 0 Å². The highest BCUT2D eigenvalue weighted by Crippen LogP contribution is 2.29. The van der Waals surface area contributed by atoms with Gasteiger partial charge in [0.2, 0.25) is 0 Å². The molecule has 1 saturated heterocycles. The third kappa shape index (κ3) is 3.51. The number of rotatable bonds is 3. The summed E-state index contributed by atoms with van der Waals surface area (Å²) in [7, 11) is 0. The van der Waals surface area contributed by atoms with Crippen LogP contribution in [0.2, 0.25) is 0 Å². The van der Waals surface area contributed by atoms with Gasteiger partial charge in [-0.2, -0.15) is 0 Å². The predicted molar refractivity (Wildman–Crippen MR) is 86.3 cm³/mol. The molecular weight excluding hydrogens is 246 g/mol. The number of hydrogen-bond donors (Lipinski definition) is 1. The molecule has 0 radical (unpaired) electrons. The lowest BCUT2D eigenvalue weighted by Crippen LogP contribution is -2.36. The van der Waals surface area contributed by atoms with Crippen molar-refractivity contribution in [2.45, 2.75) is 72.5 Å². The van der Waals surface area contributed by atoms with Crippen LogP contribution < -0.4 is 10.2 Å². The minimum atomic E-state index is 0.130. The van der Waals surface area contributed by atoms with E-state index in [9.17, 15) is 0 Å². The molecule has 2 rings (SSSR count). The SMILES string of the molecule is Cc1cc(C)c(CNC(C)(C)C)c(N2CCCC2C)n1. The molecule has 0 amide bonds.